The zero-order chi connectivity index (χ0) is 15.1. The van der Waals surface area contributed by atoms with Crippen molar-refractivity contribution >= 4 is 21.5 Å². The number of hydrogen-bond acceptors (Lipinski definition) is 4. The zero-order valence-electron chi connectivity index (χ0n) is 12.0. The Kier molecular flexibility index (Phi) is 6.21. The fourth-order valence-corrected chi connectivity index (χ4v) is 4.39. The first kappa shape index (κ1) is 16.5. The van der Waals surface area contributed by atoms with Crippen LogP contribution in [0.15, 0.2) is 12.1 Å². The van der Waals surface area contributed by atoms with E-state index in [9.17, 15) is 8.42 Å². The normalized spacial score (nSPS) is 17.0. The molecule has 0 bridgehead atoms. The van der Waals surface area contributed by atoms with Crippen LogP contribution >= 0.6 is 11.3 Å². The lowest BCUT2D eigenvalue weighted by atomic mass is 10.2. The number of nitrogens with two attached hydrogens (primary N) is 1. The predicted octanol–water partition coefficient (Wildman–Crippen LogP) is 1.27. The van der Waals surface area contributed by atoms with E-state index in [1.807, 2.05) is 12.1 Å². The van der Waals surface area contributed by atoms with Crippen LogP contribution in [0.25, 0.3) is 0 Å². The molecule has 1 aromatic rings. The van der Waals surface area contributed by atoms with Crippen LogP contribution in [0.4, 0.5) is 0 Å². The zero-order valence-corrected chi connectivity index (χ0v) is 13.6. The molecule has 116 valence electrons. The van der Waals surface area contributed by atoms with E-state index in [2.05, 4.69) is 16.6 Å². The minimum Gasteiger partial charge on any atom is -0.320 e. The molecule has 0 spiro atoms. The van der Waals surface area contributed by atoms with Crippen LogP contribution in [0.3, 0.4) is 0 Å². The maximum atomic E-state index is 12.3. The smallest absolute Gasteiger partial charge is 0.279 e. The van der Waals surface area contributed by atoms with Crippen molar-refractivity contribution in [2.45, 2.75) is 32.2 Å². The lowest BCUT2D eigenvalue weighted by molar-refractivity contribution is 0.415. The Labute approximate surface area is 130 Å². The molecule has 2 heterocycles. The molecule has 21 heavy (non-hydrogen) atoms. The highest BCUT2D eigenvalue weighted by molar-refractivity contribution is 7.87. The van der Waals surface area contributed by atoms with Crippen LogP contribution < -0.4 is 10.5 Å². The summed E-state index contributed by atoms with van der Waals surface area (Å²) >= 11 is 1.49. The Balaban J connectivity index is 1.93. The van der Waals surface area contributed by atoms with E-state index in [4.69, 9.17) is 5.73 Å². The van der Waals surface area contributed by atoms with Gasteiger partial charge in [0.05, 0.1) is 11.4 Å². The minimum absolute atomic E-state index is 0.313. The lowest BCUT2D eigenvalue weighted by Gasteiger charge is -2.19. The van der Waals surface area contributed by atoms with E-state index in [0.29, 0.717) is 26.2 Å². The van der Waals surface area contributed by atoms with Gasteiger partial charge in [0.1, 0.15) is 0 Å². The number of nitrogens with zero attached hydrogens (tertiary/aromatic N) is 1. The van der Waals surface area contributed by atoms with Gasteiger partial charge < -0.3 is 5.73 Å². The van der Waals surface area contributed by atoms with Gasteiger partial charge in [0.2, 0.25) is 0 Å². The third kappa shape index (κ3) is 5.09. The van der Waals surface area contributed by atoms with Gasteiger partial charge in [-0.1, -0.05) is 24.7 Å². The molecule has 0 atom stereocenters. The second-order valence-corrected chi connectivity index (χ2v) is 7.83. The summed E-state index contributed by atoms with van der Waals surface area (Å²) in [6.45, 7) is 1.88. The van der Waals surface area contributed by atoms with Crippen molar-refractivity contribution in [2.24, 2.45) is 5.73 Å². The molecule has 0 amide bonds. The first-order chi connectivity index (χ1) is 10.1. The van der Waals surface area contributed by atoms with Crippen molar-refractivity contribution in [3.63, 3.8) is 0 Å². The van der Waals surface area contributed by atoms with Crippen molar-refractivity contribution in [3.05, 3.63) is 21.9 Å². The highest BCUT2D eigenvalue weighted by atomic mass is 32.2. The minimum atomic E-state index is -3.38. The molecule has 1 saturated heterocycles. The van der Waals surface area contributed by atoms with E-state index in [1.165, 1.54) is 11.3 Å². The van der Waals surface area contributed by atoms with Crippen molar-refractivity contribution in [1.29, 1.82) is 0 Å². The summed E-state index contributed by atoms with van der Waals surface area (Å²) in [5, 5.41) is 0. The van der Waals surface area contributed by atoms with E-state index < -0.39 is 10.2 Å². The van der Waals surface area contributed by atoms with Crippen molar-refractivity contribution < 1.29 is 8.42 Å². The third-order valence-corrected chi connectivity index (χ3v) is 5.86. The molecule has 0 aliphatic carbocycles. The summed E-state index contributed by atoms with van der Waals surface area (Å²) < 4.78 is 28.8. The van der Waals surface area contributed by atoms with Gasteiger partial charge in [-0.3, -0.25) is 0 Å². The molecule has 7 heteroatoms. The van der Waals surface area contributed by atoms with Crippen LogP contribution in [0.5, 0.6) is 0 Å². The molecule has 0 saturated carbocycles. The molecular formula is C14H21N3O2S2. The van der Waals surface area contributed by atoms with Gasteiger partial charge in [-0.05, 0) is 25.0 Å². The summed E-state index contributed by atoms with van der Waals surface area (Å²) in [7, 11) is -3.38. The van der Waals surface area contributed by atoms with Gasteiger partial charge in [0, 0.05) is 24.5 Å². The van der Waals surface area contributed by atoms with Gasteiger partial charge in [0.15, 0.2) is 0 Å². The van der Waals surface area contributed by atoms with Crippen LogP contribution in [0.2, 0.25) is 0 Å². The fourth-order valence-electron chi connectivity index (χ4n) is 2.21. The first-order valence-electron chi connectivity index (χ1n) is 7.14. The van der Waals surface area contributed by atoms with Gasteiger partial charge >= 0.3 is 0 Å². The van der Waals surface area contributed by atoms with Gasteiger partial charge in [-0.15, -0.1) is 11.3 Å². The van der Waals surface area contributed by atoms with E-state index in [0.717, 1.165) is 35.4 Å². The molecule has 0 aromatic carbocycles. The molecule has 2 rings (SSSR count). The maximum Gasteiger partial charge on any atom is 0.279 e. The summed E-state index contributed by atoms with van der Waals surface area (Å²) in [5.41, 5.74) is 5.33. The van der Waals surface area contributed by atoms with E-state index in [-0.39, 0.29) is 0 Å². The van der Waals surface area contributed by atoms with Crippen molar-refractivity contribution in [2.75, 3.05) is 19.6 Å². The standard InChI is InChI=1S/C14H21N3O2S2/c15-9-5-6-13-7-8-14(20-13)12-16-21(18,19)17-10-3-1-2-4-11-17/h7-8,16H,1-4,9-12,15H2. The highest BCUT2D eigenvalue weighted by Gasteiger charge is 2.22. The molecule has 0 unspecified atom stereocenters. The highest BCUT2D eigenvalue weighted by Crippen LogP contribution is 2.17. The lowest BCUT2D eigenvalue weighted by Crippen LogP contribution is -2.40. The molecular weight excluding hydrogens is 306 g/mol. The van der Waals surface area contributed by atoms with Gasteiger partial charge in [-0.25, -0.2) is 0 Å². The third-order valence-electron chi connectivity index (χ3n) is 3.31. The average Bonchev–Trinajstić information content (AvgIpc) is 2.73. The predicted molar refractivity (Wildman–Crippen MR) is 86.1 cm³/mol. The molecule has 1 aliphatic rings. The average molecular weight is 327 g/mol. The Morgan fingerprint density at radius 1 is 1.24 bits per heavy atom. The largest absolute Gasteiger partial charge is 0.320 e. The maximum absolute atomic E-state index is 12.3. The van der Waals surface area contributed by atoms with Crippen LogP contribution in [0, 0.1) is 11.8 Å². The molecule has 1 aliphatic heterocycles. The molecule has 5 nitrogen and oxygen atoms in total. The summed E-state index contributed by atoms with van der Waals surface area (Å²) in [4.78, 5) is 1.86. The molecule has 1 fully saturated rings. The van der Waals surface area contributed by atoms with Crippen LogP contribution in [-0.4, -0.2) is 32.4 Å². The number of hydrogen-bond donors (Lipinski definition) is 2. The summed E-state index contributed by atoms with van der Waals surface area (Å²) in [6, 6.07) is 3.79. The van der Waals surface area contributed by atoms with E-state index >= 15 is 0 Å². The second kappa shape index (κ2) is 7.92. The van der Waals surface area contributed by atoms with Gasteiger partial charge in [0.25, 0.3) is 10.2 Å². The Bertz CT molecular complexity index is 606. The second-order valence-electron chi connectivity index (χ2n) is 4.91. The van der Waals surface area contributed by atoms with Crippen molar-refractivity contribution in [1.82, 2.24) is 9.03 Å². The number of rotatable bonds is 4. The Hall–Kier alpha value is -0.910. The Morgan fingerprint density at radius 3 is 2.62 bits per heavy atom. The summed E-state index contributed by atoms with van der Waals surface area (Å²) in [5.74, 6) is 5.74. The van der Waals surface area contributed by atoms with E-state index in [1.54, 1.807) is 4.31 Å². The monoisotopic (exact) mass is 327 g/mol. The van der Waals surface area contributed by atoms with Crippen LogP contribution in [0.1, 0.15) is 35.4 Å². The van der Waals surface area contributed by atoms with Crippen molar-refractivity contribution in [3.8, 4) is 11.8 Å². The quantitative estimate of drug-likeness (QED) is 0.818. The molecule has 0 radical (unpaired) electrons. The van der Waals surface area contributed by atoms with Crippen LogP contribution in [-0.2, 0) is 16.8 Å². The molecule has 3 N–H and O–H groups in total. The Morgan fingerprint density at radius 2 is 1.95 bits per heavy atom. The SMILES string of the molecule is NCC#Cc1ccc(CNS(=O)(=O)N2CCCCCC2)s1. The number of nitrogens with one attached hydrogen (secondary N) is 1. The first-order valence-corrected chi connectivity index (χ1v) is 9.40. The number of thiophene rings is 1. The molecule has 1 aromatic heterocycles. The summed E-state index contributed by atoms with van der Waals surface area (Å²) in [6.07, 6.45) is 4.11. The topological polar surface area (TPSA) is 75.4 Å². The fraction of sp³-hybridized carbons (Fsp3) is 0.571. The van der Waals surface area contributed by atoms with Gasteiger partial charge in [-0.2, -0.15) is 17.4 Å².